The molecule has 1 unspecified atom stereocenters. The molecule has 5 nitrogen and oxygen atoms in total. The summed E-state index contributed by atoms with van der Waals surface area (Å²) in [6.45, 7) is 7.39. The van der Waals surface area contributed by atoms with Crippen molar-refractivity contribution < 1.29 is 4.74 Å². The highest BCUT2D eigenvalue weighted by atomic mass is 16.5. The molecule has 0 aliphatic rings. The molecule has 0 spiro atoms. The van der Waals surface area contributed by atoms with Gasteiger partial charge in [-0.3, -0.25) is 0 Å². The van der Waals surface area contributed by atoms with Gasteiger partial charge in [-0.1, -0.05) is 18.2 Å². The molecule has 0 aliphatic carbocycles. The molecule has 0 bridgehead atoms. The number of nitrogens with two attached hydrogens (primary N) is 1. The van der Waals surface area contributed by atoms with Crippen LogP contribution in [0.15, 0.2) is 24.4 Å². The van der Waals surface area contributed by atoms with Crippen LogP contribution in [0.1, 0.15) is 36.2 Å². The first kappa shape index (κ1) is 14.5. The molecule has 0 saturated carbocycles. The van der Waals surface area contributed by atoms with Crippen LogP contribution < -0.4 is 10.5 Å². The molecule has 5 heteroatoms. The highest BCUT2D eigenvalue weighted by Gasteiger charge is 2.08. The molecular weight excluding hydrogens is 252 g/mol. The third kappa shape index (κ3) is 3.81. The summed E-state index contributed by atoms with van der Waals surface area (Å²) in [5.74, 6) is 0.896. The highest BCUT2D eigenvalue weighted by Crippen LogP contribution is 2.16. The average Bonchev–Trinajstić information content (AvgIpc) is 2.85. The number of benzene rings is 1. The Kier molecular flexibility index (Phi) is 4.74. The summed E-state index contributed by atoms with van der Waals surface area (Å²) in [4.78, 5) is 0. The van der Waals surface area contributed by atoms with E-state index in [1.54, 1.807) is 4.68 Å². The SMILES string of the molecule is CCC(N)c1cn(CCOc2cc(C)cc(C)c2)nn1. The molecule has 2 aromatic rings. The van der Waals surface area contributed by atoms with Crippen LogP contribution in [0.2, 0.25) is 0 Å². The van der Waals surface area contributed by atoms with E-state index in [0.29, 0.717) is 13.2 Å². The largest absolute Gasteiger partial charge is 0.492 e. The van der Waals surface area contributed by atoms with Crippen molar-refractivity contribution in [3.8, 4) is 5.75 Å². The van der Waals surface area contributed by atoms with E-state index < -0.39 is 0 Å². The van der Waals surface area contributed by atoms with Gasteiger partial charge >= 0.3 is 0 Å². The van der Waals surface area contributed by atoms with Crippen molar-refractivity contribution in [1.29, 1.82) is 0 Å². The smallest absolute Gasteiger partial charge is 0.119 e. The van der Waals surface area contributed by atoms with Gasteiger partial charge in [-0.25, -0.2) is 4.68 Å². The Morgan fingerprint density at radius 3 is 2.60 bits per heavy atom. The number of hydrogen-bond donors (Lipinski definition) is 1. The third-order valence-electron chi connectivity index (χ3n) is 3.16. The second-order valence-electron chi connectivity index (χ2n) is 5.09. The Balaban J connectivity index is 1.88. The van der Waals surface area contributed by atoms with E-state index >= 15 is 0 Å². The van der Waals surface area contributed by atoms with Gasteiger partial charge in [-0.05, 0) is 43.5 Å². The molecule has 2 N–H and O–H groups in total. The first-order valence-corrected chi connectivity index (χ1v) is 6.95. The molecule has 0 amide bonds. The first-order chi connectivity index (χ1) is 9.58. The molecule has 1 heterocycles. The van der Waals surface area contributed by atoms with Crippen molar-refractivity contribution >= 4 is 0 Å². The molecule has 1 aromatic heterocycles. The maximum Gasteiger partial charge on any atom is 0.119 e. The van der Waals surface area contributed by atoms with Crippen molar-refractivity contribution in [2.45, 2.75) is 39.8 Å². The van der Waals surface area contributed by atoms with Crippen LogP contribution in [0.5, 0.6) is 5.75 Å². The molecule has 1 aromatic carbocycles. The minimum atomic E-state index is -0.0379. The van der Waals surface area contributed by atoms with Crippen LogP contribution in [-0.4, -0.2) is 21.6 Å². The normalized spacial score (nSPS) is 12.4. The molecule has 0 aliphatic heterocycles. The maximum absolute atomic E-state index is 5.91. The average molecular weight is 274 g/mol. The van der Waals surface area contributed by atoms with Gasteiger partial charge in [-0.15, -0.1) is 5.10 Å². The molecule has 2 rings (SSSR count). The van der Waals surface area contributed by atoms with E-state index in [2.05, 4.69) is 30.2 Å². The molecular formula is C15H22N4O. The van der Waals surface area contributed by atoms with E-state index in [9.17, 15) is 0 Å². The fourth-order valence-electron chi connectivity index (χ4n) is 2.07. The van der Waals surface area contributed by atoms with E-state index in [4.69, 9.17) is 10.5 Å². The second-order valence-corrected chi connectivity index (χ2v) is 5.09. The van der Waals surface area contributed by atoms with Gasteiger partial charge < -0.3 is 10.5 Å². The predicted molar refractivity (Wildman–Crippen MR) is 78.7 cm³/mol. The topological polar surface area (TPSA) is 66.0 Å². The Morgan fingerprint density at radius 1 is 1.25 bits per heavy atom. The van der Waals surface area contributed by atoms with Gasteiger partial charge in [0.15, 0.2) is 0 Å². The zero-order chi connectivity index (χ0) is 14.5. The minimum Gasteiger partial charge on any atom is -0.492 e. The van der Waals surface area contributed by atoms with Crippen LogP contribution in [0.4, 0.5) is 0 Å². The van der Waals surface area contributed by atoms with Gasteiger partial charge in [0.05, 0.1) is 24.5 Å². The second kappa shape index (κ2) is 6.52. The number of nitrogens with zero attached hydrogens (tertiary/aromatic N) is 3. The quantitative estimate of drug-likeness (QED) is 0.878. The summed E-state index contributed by atoms with van der Waals surface area (Å²) >= 11 is 0. The standard InChI is InChI=1S/C15H22N4O/c1-4-14(16)15-10-19(18-17-15)5-6-20-13-8-11(2)7-12(3)9-13/h7-10,14H,4-6,16H2,1-3H3. The van der Waals surface area contributed by atoms with Crippen molar-refractivity contribution in [1.82, 2.24) is 15.0 Å². The lowest BCUT2D eigenvalue weighted by Crippen LogP contribution is -2.10. The lowest BCUT2D eigenvalue weighted by Gasteiger charge is -2.08. The Labute approximate surface area is 119 Å². The molecule has 0 saturated heterocycles. The maximum atomic E-state index is 5.91. The fraction of sp³-hybridized carbons (Fsp3) is 0.467. The predicted octanol–water partition coefficient (Wildman–Crippen LogP) is 2.38. The minimum absolute atomic E-state index is 0.0379. The fourth-order valence-corrected chi connectivity index (χ4v) is 2.07. The summed E-state index contributed by atoms with van der Waals surface area (Å²) in [6, 6.07) is 6.16. The Bertz CT molecular complexity index is 545. The summed E-state index contributed by atoms with van der Waals surface area (Å²) in [5.41, 5.74) is 9.16. The lowest BCUT2D eigenvalue weighted by molar-refractivity contribution is 0.289. The van der Waals surface area contributed by atoms with E-state index in [1.807, 2.05) is 25.3 Å². The number of hydrogen-bond acceptors (Lipinski definition) is 4. The number of ether oxygens (including phenoxy) is 1. The molecule has 1 atom stereocenters. The van der Waals surface area contributed by atoms with Crippen molar-refractivity contribution in [3.05, 3.63) is 41.2 Å². The van der Waals surface area contributed by atoms with Gasteiger partial charge in [0, 0.05) is 0 Å². The first-order valence-electron chi connectivity index (χ1n) is 6.95. The van der Waals surface area contributed by atoms with Gasteiger partial charge in [0.2, 0.25) is 0 Å². The summed E-state index contributed by atoms with van der Waals surface area (Å²) in [5, 5.41) is 8.13. The summed E-state index contributed by atoms with van der Waals surface area (Å²) in [6.07, 6.45) is 2.75. The zero-order valence-corrected chi connectivity index (χ0v) is 12.3. The zero-order valence-electron chi connectivity index (χ0n) is 12.3. The highest BCUT2D eigenvalue weighted by molar-refractivity contribution is 5.32. The van der Waals surface area contributed by atoms with Crippen LogP contribution in [0.3, 0.4) is 0 Å². The van der Waals surface area contributed by atoms with Gasteiger partial charge in [0.25, 0.3) is 0 Å². The van der Waals surface area contributed by atoms with Crippen LogP contribution in [0.25, 0.3) is 0 Å². The van der Waals surface area contributed by atoms with E-state index in [-0.39, 0.29) is 6.04 Å². The number of aromatic nitrogens is 3. The van der Waals surface area contributed by atoms with Crippen molar-refractivity contribution in [2.24, 2.45) is 5.73 Å². The monoisotopic (exact) mass is 274 g/mol. The van der Waals surface area contributed by atoms with E-state index in [1.165, 1.54) is 11.1 Å². The van der Waals surface area contributed by atoms with Crippen molar-refractivity contribution in [3.63, 3.8) is 0 Å². The molecule has 0 fully saturated rings. The van der Waals surface area contributed by atoms with Gasteiger partial charge in [-0.2, -0.15) is 0 Å². The Hall–Kier alpha value is -1.88. The molecule has 20 heavy (non-hydrogen) atoms. The summed E-state index contributed by atoms with van der Waals surface area (Å²) in [7, 11) is 0. The van der Waals surface area contributed by atoms with Gasteiger partial charge in [0.1, 0.15) is 12.4 Å². The third-order valence-corrected chi connectivity index (χ3v) is 3.16. The molecule has 0 radical (unpaired) electrons. The lowest BCUT2D eigenvalue weighted by atomic mass is 10.1. The van der Waals surface area contributed by atoms with E-state index in [0.717, 1.165) is 17.9 Å². The molecule has 108 valence electrons. The van der Waals surface area contributed by atoms with Crippen LogP contribution >= 0.6 is 0 Å². The number of aryl methyl sites for hydroxylation is 2. The summed E-state index contributed by atoms with van der Waals surface area (Å²) < 4.78 is 7.52. The van der Waals surface area contributed by atoms with Crippen LogP contribution in [0, 0.1) is 13.8 Å². The van der Waals surface area contributed by atoms with Crippen molar-refractivity contribution in [2.75, 3.05) is 6.61 Å². The Morgan fingerprint density at radius 2 is 1.95 bits per heavy atom. The van der Waals surface area contributed by atoms with Crippen LogP contribution in [-0.2, 0) is 6.54 Å². The number of rotatable bonds is 6.